The second-order valence-corrected chi connectivity index (χ2v) is 6.46. The Hall–Kier alpha value is -3.87. The number of nitrogens with zero attached hydrogens (tertiary/aromatic N) is 2. The molecule has 2 aromatic heterocycles. The Balaban J connectivity index is 1.56. The lowest BCUT2D eigenvalue weighted by Crippen LogP contribution is -2.18. The topological polar surface area (TPSA) is 91.9 Å². The number of anilines is 2. The molecule has 4 rings (SSSR count). The number of rotatable bonds is 6. The van der Waals surface area contributed by atoms with Crippen LogP contribution in [0.15, 0.2) is 60.8 Å². The third kappa shape index (κ3) is 4.03. The van der Waals surface area contributed by atoms with Crippen LogP contribution >= 0.6 is 0 Å². The summed E-state index contributed by atoms with van der Waals surface area (Å²) >= 11 is 0. The summed E-state index contributed by atoms with van der Waals surface area (Å²) in [6.07, 6.45) is 2.48. The monoisotopic (exact) mass is 387 g/mol. The van der Waals surface area contributed by atoms with Crippen molar-refractivity contribution in [3.63, 3.8) is 0 Å². The van der Waals surface area contributed by atoms with Crippen molar-refractivity contribution < 1.29 is 9.53 Å². The van der Waals surface area contributed by atoms with Crippen LogP contribution in [0.4, 0.5) is 11.6 Å². The summed E-state index contributed by atoms with van der Waals surface area (Å²) in [5.41, 5.74) is 4.23. The van der Waals surface area contributed by atoms with E-state index in [-0.39, 0.29) is 5.91 Å². The van der Waals surface area contributed by atoms with Crippen LogP contribution < -0.4 is 15.4 Å². The van der Waals surface area contributed by atoms with E-state index in [1.54, 1.807) is 25.4 Å². The molecule has 7 nitrogen and oxygen atoms in total. The third-order valence-corrected chi connectivity index (χ3v) is 4.53. The minimum absolute atomic E-state index is 0.262. The number of carbonyl (C=O) groups excluding carboxylic acids is 1. The Morgan fingerprint density at radius 1 is 1.10 bits per heavy atom. The van der Waals surface area contributed by atoms with Gasteiger partial charge >= 0.3 is 0 Å². The molecule has 0 radical (unpaired) electrons. The molecule has 0 aliphatic heterocycles. The molecule has 0 aliphatic carbocycles. The molecule has 3 N–H and O–H groups in total. The van der Waals surface area contributed by atoms with E-state index < -0.39 is 0 Å². The van der Waals surface area contributed by atoms with Gasteiger partial charge in [0.1, 0.15) is 17.2 Å². The summed E-state index contributed by atoms with van der Waals surface area (Å²) in [4.78, 5) is 23.7. The number of para-hydroxylation sites is 1. The van der Waals surface area contributed by atoms with Crippen LogP contribution in [-0.2, 0) is 6.42 Å². The smallest absolute Gasteiger partial charge is 0.269 e. The van der Waals surface area contributed by atoms with Crippen molar-refractivity contribution >= 4 is 28.6 Å². The number of pyridine rings is 1. The Bertz CT molecular complexity index is 1170. The number of imidazole rings is 1. The first-order valence-electron chi connectivity index (χ1n) is 9.37. The zero-order valence-electron chi connectivity index (χ0n) is 16.2. The maximum Gasteiger partial charge on any atom is 0.269 e. The van der Waals surface area contributed by atoms with E-state index in [2.05, 4.69) is 38.6 Å². The van der Waals surface area contributed by atoms with Crippen LogP contribution in [0, 0.1) is 0 Å². The Kier molecular flexibility index (Phi) is 5.11. The van der Waals surface area contributed by atoms with Crippen LogP contribution in [0.5, 0.6) is 11.5 Å². The van der Waals surface area contributed by atoms with E-state index in [1.165, 1.54) is 5.56 Å². The van der Waals surface area contributed by atoms with E-state index >= 15 is 0 Å². The van der Waals surface area contributed by atoms with Gasteiger partial charge in [-0.15, -0.1) is 0 Å². The van der Waals surface area contributed by atoms with E-state index in [0.717, 1.165) is 23.1 Å². The quantitative estimate of drug-likeness (QED) is 0.456. The minimum atomic E-state index is -0.262. The Morgan fingerprint density at radius 3 is 2.76 bits per heavy atom. The van der Waals surface area contributed by atoms with Crippen LogP contribution in [0.3, 0.4) is 0 Å². The van der Waals surface area contributed by atoms with Gasteiger partial charge in [-0.2, -0.15) is 0 Å². The van der Waals surface area contributed by atoms with E-state index in [4.69, 9.17) is 4.74 Å². The first-order valence-corrected chi connectivity index (χ1v) is 9.37. The van der Waals surface area contributed by atoms with Gasteiger partial charge in [-0.05, 0) is 36.2 Å². The van der Waals surface area contributed by atoms with Gasteiger partial charge in [0, 0.05) is 31.1 Å². The highest BCUT2D eigenvalue weighted by atomic mass is 16.5. The first-order chi connectivity index (χ1) is 14.2. The lowest BCUT2D eigenvalue weighted by Gasteiger charge is -2.07. The summed E-state index contributed by atoms with van der Waals surface area (Å²) in [7, 11) is 1.56. The number of amides is 1. The van der Waals surface area contributed by atoms with Crippen molar-refractivity contribution in [2.24, 2.45) is 0 Å². The van der Waals surface area contributed by atoms with E-state index in [0.29, 0.717) is 23.1 Å². The van der Waals surface area contributed by atoms with Crippen molar-refractivity contribution in [2.75, 3.05) is 12.4 Å². The molecule has 4 aromatic rings. The summed E-state index contributed by atoms with van der Waals surface area (Å²) < 4.78 is 5.90. The molecular weight excluding hydrogens is 366 g/mol. The summed E-state index contributed by atoms with van der Waals surface area (Å²) in [6.45, 7) is 2.12. The van der Waals surface area contributed by atoms with Crippen molar-refractivity contribution in [3.05, 3.63) is 72.1 Å². The minimum Gasteiger partial charge on any atom is -0.457 e. The number of H-pyrrole nitrogens is 1. The molecule has 0 saturated heterocycles. The lowest BCUT2D eigenvalue weighted by molar-refractivity contribution is 0.0958. The predicted octanol–water partition coefficient (Wildman–Crippen LogP) is 4.42. The molecule has 29 heavy (non-hydrogen) atoms. The van der Waals surface area contributed by atoms with Crippen molar-refractivity contribution in [1.29, 1.82) is 0 Å². The highest BCUT2D eigenvalue weighted by Gasteiger charge is 2.09. The molecular formula is C22H21N5O2. The normalized spacial score (nSPS) is 10.7. The van der Waals surface area contributed by atoms with Crippen LogP contribution in [-0.4, -0.2) is 27.9 Å². The highest BCUT2D eigenvalue weighted by Crippen LogP contribution is 2.27. The third-order valence-electron chi connectivity index (χ3n) is 4.53. The second-order valence-electron chi connectivity index (χ2n) is 6.46. The highest BCUT2D eigenvalue weighted by molar-refractivity contribution is 5.92. The van der Waals surface area contributed by atoms with Gasteiger partial charge in [0.2, 0.25) is 5.95 Å². The maximum atomic E-state index is 11.7. The number of nitrogens with one attached hydrogen (secondary N) is 3. The number of ether oxygens (including phenoxy) is 1. The fourth-order valence-electron chi connectivity index (χ4n) is 3.05. The Morgan fingerprint density at radius 2 is 1.93 bits per heavy atom. The number of fused-ring (bicyclic) bond motifs is 1. The molecule has 0 spiro atoms. The molecule has 2 aromatic carbocycles. The lowest BCUT2D eigenvalue weighted by atomic mass is 10.1. The van der Waals surface area contributed by atoms with Crippen LogP contribution in [0.2, 0.25) is 0 Å². The number of aromatic amines is 1. The molecule has 0 fully saturated rings. The number of aryl methyl sites for hydroxylation is 1. The number of carbonyl (C=O) groups is 1. The van der Waals surface area contributed by atoms with Crippen molar-refractivity contribution in [2.45, 2.75) is 13.3 Å². The second kappa shape index (κ2) is 8.02. The first kappa shape index (κ1) is 18.5. The molecule has 2 heterocycles. The molecule has 0 bridgehead atoms. The maximum absolute atomic E-state index is 11.7. The van der Waals surface area contributed by atoms with Gasteiger partial charge in [0.05, 0.1) is 11.0 Å². The zero-order valence-corrected chi connectivity index (χ0v) is 16.2. The van der Waals surface area contributed by atoms with Gasteiger partial charge in [0.25, 0.3) is 5.91 Å². The number of hydrogen-bond donors (Lipinski definition) is 3. The van der Waals surface area contributed by atoms with Crippen molar-refractivity contribution in [3.8, 4) is 11.5 Å². The fraction of sp³-hybridized carbons (Fsp3) is 0.136. The number of benzene rings is 2. The van der Waals surface area contributed by atoms with Crippen LogP contribution in [0.25, 0.3) is 11.0 Å². The largest absolute Gasteiger partial charge is 0.457 e. The average molecular weight is 387 g/mol. The average Bonchev–Trinajstić information content (AvgIpc) is 3.15. The van der Waals surface area contributed by atoms with E-state index in [9.17, 15) is 4.79 Å². The molecule has 1 amide bonds. The Labute approximate surface area is 168 Å². The predicted molar refractivity (Wildman–Crippen MR) is 113 cm³/mol. The number of hydrogen-bond acceptors (Lipinski definition) is 5. The van der Waals surface area contributed by atoms with Gasteiger partial charge in [-0.3, -0.25) is 9.78 Å². The standard InChI is InChI=1S/C22H21N5O2/c1-3-14-6-4-5-7-17(14)25-22-26-18-9-8-15(12-19(18)27-22)29-16-10-11-24-20(13-16)21(28)23-2/h4-13H,3H2,1-2H3,(H,23,28)(H2,25,26,27). The fourth-order valence-corrected chi connectivity index (χ4v) is 3.05. The van der Waals surface area contributed by atoms with Gasteiger partial charge in [-0.25, -0.2) is 4.98 Å². The molecule has 0 unspecified atom stereocenters. The summed E-state index contributed by atoms with van der Waals surface area (Å²) in [5, 5.41) is 5.90. The van der Waals surface area contributed by atoms with Crippen molar-refractivity contribution in [1.82, 2.24) is 20.3 Å². The summed E-state index contributed by atoms with van der Waals surface area (Å²) in [6, 6.07) is 17.1. The van der Waals surface area contributed by atoms with Gasteiger partial charge < -0.3 is 20.4 Å². The molecule has 146 valence electrons. The summed E-state index contributed by atoms with van der Waals surface area (Å²) in [5.74, 6) is 1.58. The zero-order chi connectivity index (χ0) is 20.2. The molecule has 0 saturated carbocycles. The van der Waals surface area contributed by atoms with Gasteiger partial charge in [0.15, 0.2) is 0 Å². The molecule has 7 heteroatoms. The number of aromatic nitrogens is 3. The van der Waals surface area contributed by atoms with Gasteiger partial charge in [-0.1, -0.05) is 25.1 Å². The molecule has 0 atom stereocenters. The van der Waals surface area contributed by atoms with E-state index in [1.807, 2.05) is 36.4 Å². The SMILES string of the molecule is CCc1ccccc1Nc1nc2ccc(Oc3ccnc(C(=O)NC)c3)cc2[nH]1. The van der Waals surface area contributed by atoms with Crippen LogP contribution in [0.1, 0.15) is 23.0 Å². The molecule has 0 aliphatic rings.